The van der Waals surface area contributed by atoms with Crippen LogP contribution in [-0.4, -0.2) is 16.2 Å². The van der Waals surface area contributed by atoms with Crippen molar-refractivity contribution in [1.29, 1.82) is 0 Å². The Morgan fingerprint density at radius 2 is 2.28 bits per heavy atom. The van der Waals surface area contributed by atoms with E-state index in [4.69, 9.17) is 5.73 Å². The highest BCUT2D eigenvalue weighted by atomic mass is 79.9. The first-order valence-corrected chi connectivity index (χ1v) is 8.93. The van der Waals surface area contributed by atoms with Crippen LogP contribution in [0.3, 0.4) is 0 Å². The van der Waals surface area contributed by atoms with Crippen LogP contribution in [0.1, 0.15) is 28.5 Å². The minimum absolute atomic E-state index is 0.129. The van der Waals surface area contributed by atoms with E-state index < -0.39 is 0 Å². The van der Waals surface area contributed by atoms with Crippen molar-refractivity contribution in [2.75, 3.05) is 0 Å². The maximum Gasteiger partial charge on any atom is 0.174 e. The summed E-state index contributed by atoms with van der Waals surface area (Å²) in [5.41, 5.74) is 6.24. The summed E-state index contributed by atoms with van der Waals surface area (Å²) in [6, 6.07) is 2.27. The smallest absolute Gasteiger partial charge is 0.174 e. The molecule has 0 spiro atoms. The highest BCUT2D eigenvalue weighted by molar-refractivity contribution is 9.10. The number of aromatic nitrogens is 2. The quantitative estimate of drug-likeness (QED) is 0.807. The van der Waals surface area contributed by atoms with Crippen molar-refractivity contribution < 1.29 is 0 Å². The zero-order chi connectivity index (χ0) is 13.1. The Morgan fingerprint density at radius 1 is 1.50 bits per heavy atom. The monoisotopic (exact) mass is 363 g/mol. The molecule has 2 rings (SSSR count). The van der Waals surface area contributed by atoms with Gasteiger partial charge in [0.05, 0.1) is 5.25 Å². The lowest BCUT2D eigenvalue weighted by molar-refractivity contribution is 0.639. The van der Waals surface area contributed by atoms with Crippen molar-refractivity contribution >= 4 is 50.4 Å². The highest BCUT2D eigenvalue weighted by Crippen LogP contribution is 2.42. The van der Waals surface area contributed by atoms with Crippen molar-refractivity contribution in [1.82, 2.24) is 10.2 Å². The van der Waals surface area contributed by atoms with Crippen molar-refractivity contribution in [2.24, 2.45) is 5.73 Å². The van der Waals surface area contributed by atoms with Crippen LogP contribution in [0.5, 0.6) is 0 Å². The van der Waals surface area contributed by atoms with Gasteiger partial charge < -0.3 is 5.73 Å². The third-order valence-corrected chi connectivity index (χ3v) is 6.70. The molecule has 0 radical (unpaired) electrons. The van der Waals surface area contributed by atoms with Gasteiger partial charge >= 0.3 is 0 Å². The molecule has 0 fully saturated rings. The molecule has 2 unspecified atom stereocenters. The first-order valence-electron chi connectivity index (χ1n) is 5.56. The Balaban J connectivity index is 2.20. The van der Waals surface area contributed by atoms with Gasteiger partial charge in [0.2, 0.25) is 0 Å². The molecular formula is C11H14BrN3S3. The Bertz CT molecular complexity index is 511. The Kier molecular flexibility index (Phi) is 5.20. The third-order valence-electron chi connectivity index (χ3n) is 2.46. The molecule has 0 aromatic carbocycles. The lowest BCUT2D eigenvalue weighted by Gasteiger charge is -2.19. The summed E-state index contributed by atoms with van der Waals surface area (Å²) in [6.07, 6.45) is 0.949. The van der Waals surface area contributed by atoms with Crippen LogP contribution in [0, 0.1) is 6.92 Å². The van der Waals surface area contributed by atoms with Crippen molar-refractivity contribution in [3.63, 3.8) is 0 Å². The summed E-state index contributed by atoms with van der Waals surface area (Å²) in [5.74, 6) is 0. The topological polar surface area (TPSA) is 51.8 Å². The SMILES string of the molecule is CCC(N)C(Sc1nnc(C)s1)c1cc(Br)cs1. The fourth-order valence-electron chi connectivity index (χ4n) is 1.48. The second-order valence-electron chi connectivity index (χ2n) is 3.86. The predicted octanol–water partition coefficient (Wildman–Crippen LogP) is 4.24. The number of nitrogens with two attached hydrogens (primary N) is 1. The summed E-state index contributed by atoms with van der Waals surface area (Å²) in [5, 5.41) is 11.6. The number of hydrogen-bond acceptors (Lipinski definition) is 6. The normalized spacial score (nSPS) is 14.7. The second kappa shape index (κ2) is 6.47. The van der Waals surface area contributed by atoms with Crippen molar-refractivity contribution in [3.8, 4) is 0 Å². The number of halogens is 1. The van der Waals surface area contributed by atoms with Gasteiger partial charge in [0.15, 0.2) is 4.34 Å². The minimum Gasteiger partial charge on any atom is -0.326 e. The first kappa shape index (κ1) is 14.5. The summed E-state index contributed by atoms with van der Waals surface area (Å²) in [4.78, 5) is 1.29. The fraction of sp³-hybridized carbons (Fsp3) is 0.455. The highest BCUT2D eigenvalue weighted by Gasteiger charge is 2.23. The van der Waals surface area contributed by atoms with E-state index in [-0.39, 0.29) is 11.3 Å². The molecular weight excluding hydrogens is 350 g/mol. The predicted molar refractivity (Wildman–Crippen MR) is 83.5 cm³/mol. The Morgan fingerprint density at radius 3 is 2.78 bits per heavy atom. The zero-order valence-electron chi connectivity index (χ0n) is 10.1. The Hall–Kier alpha value is 0.0500. The van der Waals surface area contributed by atoms with E-state index in [0.717, 1.165) is 20.2 Å². The van der Waals surface area contributed by atoms with Crippen LogP contribution in [0.25, 0.3) is 0 Å². The molecule has 7 heteroatoms. The molecule has 98 valence electrons. The maximum absolute atomic E-state index is 6.24. The molecule has 0 aliphatic rings. The molecule has 2 heterocycles. The van der Waals surface area contributed by atoms with Gasteiger partial charge in [0, 0.05) is 20.8 Å². The average molecular weight is 364 g/mol. The number of aryl methyl sites for hydroxylation is 1. The van der Waals surface area contributed by atoms with E-state index in [1.54, 1.807) is 34.4 Å². The molecule has 0 saturated carbocycles. The number of hydrogen-bond donors (Lipinski definition) is 1. The van der Waals surface area contributed by atoms with Gasteiger partial charge in [0.1, 0.15) is 5.01 Å². The van der Waals surface area contributed by atoms with E-state index in [9.17, 15) is 0 Å². The van der Waals surface area contributed by atoms with E-state index in [0.29, 0.717) is 0 Å². The summed E-state index contributed by atoms with van der Waals surface area (Å²) < 4.78 is 2.11. The standard InChI is InChI=1S/C11H14BrN3S3/c1-3-8(13)10(9-4-7(12)5-16-9)18-11-15-14-6(2)17-11/h4-5,8,10H,3,13H2,1-2H3. The molecule has 0 aliphatic carbocycles. The molecule has 18 heavy (non-hydrogen) atoms. The van der Waals surface area contributed by atoms with Gasteiger partial charge in [-0.2, -0.15) is 0 Å². The largest absolute Gasteiger partial charge is 0.326 e. The fourth-order valence-corrected chi connectivity index (χ4v) is 5.43. The van der Waals surface area contributed by atoms with Crippen LogP contribution in [-0.2, 0) is 0 Å². The van der Waals surface area contributed by atoms with Crippen LogP contribution in [0.4, 0.5) is 0 Å². The third kappa shape index (κ3) is 3.54. The lowest BCUT2D eigenvalue weighted by Crippen LogP contribution is -2.25. The van der Waals surface area contributed by atoms with Crippen LogP contribution < -0.4 is 5.73 Å². The van der Waals surface area contributed by atoms with Gasteiger partial charge in [-0.05, 0) is 35.3 Å². The summed E-state index contributed by atoms with van der Waals surface area (Å²) in [6.45, 7) is 4.09. The molecule has 2 atom stereocenters. The first-order chi connectivity index (χ1) is 8.60. The molecule has 2 aromatic rings. The van der Waals surface area contributed by atoms with E-state index in [2.05, 4.69) is 44.5 Å². The molecule has 2 aromatic heterocycles. The summed E-state index contributed by atoms with van der Waals surface area (Å²) >= 11 is 8.57. The van der Waals surface area contributed by atoms with Crippen molar-refractivity contribution in [3.05, 3.63) is 25.8 Å². The molecule has 0 bridgehead atoms. The van der Waals surface area contributed by atoms with E-state index >= 15 is 0 Å². The van der Waals surface area contributed by atoms with E-state index in [1.807, 2.05) is 6.92 Å². The van der Waals surface area contributed by atoms with Gasteiger partial charge in [-0.25, -0.2) is 0 Å². The number of nitrogens with zero attached hydrogens (tertiary/aromatic N) is 2. The summed E-state index contributed by atoms with van der Waals surface area (Å²) in [7, 11) is 0. The molecule has 3 nitrogen and oxygen atoms in total. The number of thioether (sulfide) groups is 1. The molecule has 0 saturated heterocycles. The number of thiophene rings is 1. The van der Waals surface area contributed by atoms with Gasteiger partial charge in [-0.15, -0.1) is 21.5 Å². The zero-order valence-corrected chi connectivity index (χ0v) is 14.1. The van der Waals surface area contributed by atoms with Gasteiger partial charge in [-0.3, -0.25) is 0 Å². The van der Waals surface area contributed by atoms with E-state index in [1.165, 1.54) is 4.88 Å². The average Bonchev–Trinajstić information content (AvgIpc) is 2.94. The number of rotatable bonds is 5. The molecule has 2 N–H and O–H groups in total. The lowest BCUT2D eigenvalue weighted by atomic mass is 10.1. The van der Waals surface area contributed by atoms with Gasteiger partial charge in [-0.1, -0.05) is 30.0 Å². The molecule has 0 aliphatic heterocycles. The maximum atomic E-state index is 6.24. The minimum atomic E-state index is 0.129. The molecule has 0 amide bonds. The van der Waals surface area contributed by atoms with Crippen LogP contribution in [0.2, 0.25) is 0 Å². The van der Waals surface area contributed by atoms with Crippen molar-refractivity contribution in [2.45, 2.75) is 35.9 Å². The van der Waals surface area contributed by atoms with Crippen LogP contribution in [0.15, 0.2) is 20.3 Å². The van der Waals surface area contributed by atoms with Gasteiger partial charge in [0.25, 0.3) is 0 Å². The Labute approximate surface area is 127 Å². The van der Waals surface area contributed by atoms with Crippen LogP contribution >= 0.6 is 50.4 Å². The second-order valence-corrected chi connectivity index (χ2v) is 8.29.